The van der Waals surface area contributed by atoms with Crippen LogP contribution in [0.4, 0.5) is 0 Å². The monoisotopic (exact) mass is 318 g/mol. The van der Waals surface area contributed by atoms with E-state index in [9.17, 15) is 8.42 Å². The van der Waals surface area contributed by atoms with Crippen LogP contribution in [0.3, 0.4) is 0 Å². The first-order chi connectivity index (χ1) is 7.88. The van der Waals surface area contributed by atoms with Crippen LogP contribution in [0, 0.1) is 6.92 Å². The molecule has 3 N–H and O–H groups in total. The summed E-state index contributed by atoms with van der Waals surface area (Å²) < 4.78 is 27.7. The molecule has 0 unspecified atom stereocenters. The lowest BCUT2D eigenvalue weighted by Gasteiger charge is -2.32. The van der Waals surface area contributed by atoms with Crippen LogP contribution >= 0.6 is 15.9 Å². The summed E-state index contributed by atoms with van der Waals surface area (Å²) in [5.41, 5.74) is 6.38. The second kappa shape index (κ2) is 4.68. The van der Waals surface area contributed by atoms with E-state index in [4.69, 9.17) is 5.73 Å². The quantitative estimate of drug-likeness (QED) is 0.887. The minimum Gasteiger partial charge on any atom is -0.328 e. The first kappa shape index (κ1) is 13.0. The molecule has 4 nitrogen and oxygen atoms in total. The van der Waals surface area contributed by atoms with Crippen LogP contribution < -0.4 is 10.5 Å². The second-order valence-electron chi connectivity index (χ2n) is 4.46. The first-order valence-electron chi connectivity index (χ1n) is 5.42. The molecule has 1 aromatic carbocycles. The minimum atomic E-state index is -3.43. The highest BCUT2D eigenvalue weighted by Crippen LogP contribution is 2.24. The number of nitrogens with two attached hydrogens (primary N) is 1. The number of hydrogen-bond donors (Lipinski definition) is 2. The molecule has 0 amide bonds. The SMILES string of the molecule is Cc1ccc(Br)cc1S(=O)(=O)NC1CC(N)C1. The van der Waals surface area contributed by atoms with Gasteiger partial charge in [-0.25, -0.2) is 13.1 Å². The predicted molar refractivity (Wildman–Crippen MR) is 70.2 cm³/mol. The summed E-state index contributed by atoms with van der Waals surface area (Å²) in [4.78, 5) is 0.326. The van der Waals surface area contributed by atoms with Gasteiger partial charge in [0, 0.05) is 16.6 Å². The van der Waals surface area contributed by atoms with Gasteiger partial charge in [-0.15, -0.1) is 0 Å². The summed E-state index contributed by atoms with van der Waals surface area (Å²) >= 11 is 3.28. The summed E-state index contributed by atoms with van der Waals surface area (Å²) in [6, 6.07) is 5.34. The van der Waals surface area contributed by atoms with Gasteiger partial charge in [-0.05, 0) is 37.5 Å². The van der Waals surface area contributed by atoms with Crippen molar-refractivity contribution >= 4 is 26.0 Å². The van der Waals surface area contributed by atoms with E-state index < -0.39 is 10.0 Å². The Bertz CT molecular complexity index is 524. The van der Waals surface area contributed by atoms with Gasteiger partial charge in [0.2, 0.25) is 10.0 Å². The smallest absolute Gasteiger partial charge is 0.241 e. The van der Waals surface area contributed by atoms with Crippen molar-refractivity contribution in [2.75, 3.05) is 0 Å². The fourth-order valence-corrected chi connectivity index (χ4v) is 3.95. The Balaban J connectivity index is 2.22. The van der Waals surface area contributed by atoms with Gasteiger partial charge in [-0.3, -0.25) is 0 Å². The molecule has 1 aliphatic rings. The van der Waals surface area contributed by atoms with Crippen molar-refractivity contribution in [1.82, 2.24) is 4.72 Å². The molecule has 6 heteroatoms. The summed E-state index contributed by atoms with van der Waals surface area (Å²) in [5, 5.41) is 0. The maximum absolute atomic E-state index is 12.1. The van der Waals surface area contributed by atoms with Crippen molar-refractivity contribution in [3.63, 3.8) is 0 Å². The predicted octanol–water partition coefficient (Wildman–Crippen LogP) is 1.53. The fraction of sp³-hybridized carbons (Fsp3) is 0.455. The van der Waals surface area contributed by atoms with Gasteiger partial charge in [-0.2, -0.15) is 0 Å². The van der Waals surface area contributed by atoms with Crippen LogP contribution in [-0.2, 0) is 10.0 Å². The number of hydrogen-bond acceptors (Lipinski definition) is 3. The Hall–Kier alpha value is -0.430. The Morgan fingerprint density at radius 3 is 2.65 bits per heavy atom. The number of rotatable bonds is 3. The van der Waals surface area contributed by atoms with Gasteiger partial charge < -0.3 is 5.73 Å². The van der Waals surface area contributed by atoms with Crippen LogP contribution in [0.5, 0.6) is 0 Å². The lowest BCUT2D eigenvalue weighted by atomic mass is 9.89. The van der Waals surface area contributed by atoms with Gasteiger partial charge >= 0.3 is 0 Å². The molecule has 0 bridgehead atoms. The molecule has 1 aliphatic carbocycles. The van der Waals surface area contributed by atoms with Crippen LogP contribution in [0.15, 0.2) is 27.6 Å². The molecule has 17 heavy (non-hydrogen) atoms. The Labute approximate surface area is 110 Å². The average molecular weight is 319 g/mol. The van der Waals surface area contributed by atoms with Crippen molar-refractivity contribution in [2.45, 2.75) is 36.7 Å². The maximum Gasteiger partial charge on any atom is 0.241 e. The van der Waals surface area contributed by atoms with Crippen LogP contribution in [0.2, 0.25) is 0 Å². The summed E-state index contributed by atoms with van der Waals surface area (Å²) in [6.07, 6.45) is 1.43. The molecular weight excluding hydrogens is 304 g/mol. The van der Waals surface area contributed by atoms with Crippen molar-refractivity contribution < 1.29 is 8.42 Å². The molecule has 0 heterocycles. The van der Waals surface area contributed by atoms with Crippen LogP contribution in [0.25, 0.3) is 0 Å². The molecule has 1 fully saturated rings. The number of sulfonamides is 1. The lowest BCUT2D eigenvalue weighted by Crippen LogP contribution is -2.50. The standard InChI is InChI=1S/C11H15BrN2O2S/c1-7-2-3-8(12)4-11(7)17(15,16)14-10-5-9(13)6-10/h2-4,9-10,14H,5-6,13H2,1H3. The largest absolute Gasteiger partial charge is 0.328 e. The number of halogens is 1. The molecule has 0 radical (unpaired) electrons. The van der Waals surface area contributed by atoms with Gasteiger partial charge in [0.05, 0.1) is 4.90 Å². The van der Waals surface area contributed by atoms with E-state index in [1.54, 1.807) is 19.1 Å². The van der Waals surface area contributed by atoms with E-state index in [0.29, 0.717) is 17.7 Å². The van der Waals surface area contributed by atoms with Gasteiger partial charge in [0.1, 0.15) is 0 Å². The first-order valence-corrected chi connectivity index (χ1v) is 7.70. The molecule has 0 spiro atoms. The molecule has 0 saturated heterocycles. The van der Waals surface area contributed by atoms with Crippen molar-refractivity contribution in [3.8, 4) is 0 Å². The topological polar surface area (TPSA) is 72.2 Å². The highest BCUT2D eigenvalue weighted by atomic mass is 79.9. The van der Waals surface area contributed by atoms with Crippen molar-refractivity contribution in [3.05, 3.63) is 28.2 Å². The maximum atomic E-state index is 12.1. The average Bonchev–Trinajstić information content (AvgIpc) is 2.19. The third-order valence-electron chi connectivity index (χ3n) is 2.94. The van der Waals surface area contributed by atoms with E-state index in [0.717, 1.165) is 10.0 Å². The molecule has 94 valence electrons. The van der Waals surface area contributed by atoms with E-state index >= 15 is 0 Å². The third-order valence-corrected chi connectivity index (χ3v) is 5.09. The molecule has 0 aliphatic heterocycles. The van der Waals surface area contributed by atoms with E-state index in [1.165, 1.54) is 0 Å². The number of nitrogens with one attached hydrogen (secondary N) is 1. The lowest BCUT2D eigenvalue weighted by molar-refractivity contribution is 0.327. The van der Waals surface area contributed by atoms with Crippen molar-refractivity contribution in [1.29, 1.82) is 0 Å². The third kappa shape index (κ3) is 2.88. The highest BCUT2D eigenvalue weighted by Gasteiger charge is 2.30. The van der Waals surface area contributed by atoms with E-state index in [-0.39, 0.29) is 12.1 Å². The van der Waals surface area contributed by atoms with E-state index in [1.807, 2.05) is 6.07 Å². The summed E-state index contributed by atoms with van der Waals surface area (Å²) in [7, 11) is -3.43. The van der Waals surface area contributed by atoms with E-state index in [2.05, 4.69) is 20.7 Å². The summed E-state index contributed by atoms with van der Waals surface area (Å²) in [5.74, 6) is 0. The Morgan fingerprint density at radius 1 is 1.41 bits per heavy atom. The van der Waals surface area contributed by atoms with Crippen LogP contribution in [0.1, 0.15) is 18.4 Å². The van der Waals surface area contributed by atoms with Crippen LogP contribution in [-0.4, -0.2) is 20.5 Å². The fourth-order valence-electron chi connectivity index (χ4n) is 1.90. The minimum absolute atomic E-state index is 0.0200. The molecule has 2 rings (SSSR count). The highest BCUT2D eigenvalue weighted by molar-refractivity contribution is 9.10. The Kier molecular flexibility index (Phi) is 3.58. The number of aryl methyl sites for hydroxylation is 1. The molecule has 0 atom stereocenters. The Morgan fingerprint density at radius 2 is 2.06 bits per heavy atom. The van der Waals surface area contributed by atoms with Gasteiger partial charge in [0.25, 0.3) is 0 Å². The zero-order valence-corrected chi connectivity index (χ0v) is 11.9. The van der Waals surface area contributed by atoms with Gasteiger partial charge in [0.15, 0.2) is 0 Å². The zero-order valence-electron chi connectivity index (χ0n) is 9.48. The normalized spacial score (nSPS) is 24.4. The molecule has 1 saturated carbocycles. The number of benzene rings is 1. The second-order valence-corrected chi connectivity index (χ2v) is 7.06. The van der Waals surface area contributed by atoms with Gasteiger partial charge in [-0.1, -0.05) is 22.0 Å². The summed E-state index contributed by atoms with van der Waals surface area (Å²) in [6.45, 7) is 1.79. The molecular formula is C11H15BrN2O2S. The molecule has 0 aromatic heterocycles. The zero-order chi connectivity index (χ0) is 12.6. The van der Waals surface area contributed by atoms with Crippen molar-refractivity contribution in [2.24, 2.45) is 5.73 Å². The molecule has 1 aromatic rings.